The first-order valence-electron chi connectivity index (χ1n) is 7.13. The van der Waals surface area contributed by atoms with Crippen LogP contribution in [0.25, 0.3) is 0 Å². The Hall–Kier alpha value is -1.53. The highest BCUT2D eigenvalue weighted by Gasteiger charge is 2.33. The number of nitrogens with one attached hydrogen (secondary N) is 2. The summed E-state index contributed by atoms with van der Waals surface area (Å²) in [6, 6.07) is 5.70. The first kappa shape index (κ1) is 15.4. The van der Waals surface area contributed by atoms with Gasteiger partial charge in [0.2, 0.25) is 11.8 Å². The van der Waals surface area contributed by atoms with Crippen molar-refractivity contribution in [3.8, 4) is 0 Å². The quantitative estimate of drug-likeness (QED) is 0.887. The zero-order chi connectivity index (χ0) is 15.7. The molecule has 5 nitrogen and oxygen atoms in total. The van der Waals surface area contributed by atoms with Gasteiger partial charge >= 0.3 is 0 Å². The average molecular weight is 338 g/mol. The van der Waals surface area contributed by atoms with Crippen molar-refractivity contribution < 1.29 is 9.59 Å². The van der Waals surface area contributed by atoms with Crippen LogP contribution in [-0.4, -0.2) is 28.3 Å². The molecule has 3 rings (SSSR count). The number of thioether (sulfide) groups is 1. The highest BCUT2D eigenvalue weighted by atomic mass is 35.5. The summed E-state index contributed by atoms with van der Waals surface area (Å²) < 4.78 is 0. The third-order valence-corrected chi connectivity index (χ3v) is 5.04. The van der Waals surface area contributed by atoms with Crippen molar-refractivity contribution in [2.75, 3.05) is 5.32 Å². The van der Waals surface area contributed by atoms with Gasteiger partial charge in [-0.2, -0.15) is 0 Å². The van der Waals surface area contributed by atoms with E-state index in [1.165, 1.54) is 11.8 Å². The number of halogens is 1. The van der Waals surface area contributed by atoms with E-state index in [1.807, 2.05) is 6.92 Å². The lowest BCUT2D eigenvalue weighted by molar-refractivity contribution is -0.122. The van der Waals surface area contributed by atoms with Gasteiger partial charge in [-0.05, 0) is 37.5 Å². The molecule has 0 aromatic heterocycles. The van der Waals surface area contributed by atoms with Crippen molar-refractivity contribution in [1.29, 1.82) is 0 Å². The lowest BCUT2D eigenvalue weighted by Gasteiger charge is -2.10. The first-order valence-corrected chi connectivity index (χ1v) is 8.39. The number of amidine groups is 1. The minimum atomic E-state index is -0.419. The first-order chi connectivity index (χ1) is 10.5. The summed E-state index contributed by atoms with van der Waals surface area (Å²) in [5.41, 5.74) is 1.49. The van der Waals surface area contributed by atoms with Gasteiger partial charge in [-0.1, -0.05) is 29.4 Å². The SMILES string of the molecule is Cc1c(Cl)cccc1NC(=O)CC1SC(=NC2CC2)NC1=O. The molecule has 1 atom stereocenters. The van der Waals surface area contributed by atoms with Gasteiger partial charge in [-0.3, -0.25) is 14.6 Å². The number of anilines is 1. The van der Waals surface area contributed by atoms with Gasteiger partial charge in [-0.15, -0.1) is 0 Å². The van der Waals surface area contributed by atoms with E-state index in [9.17, 15) is 9.59 Å². The molecule has 116 valence electrons. The van der Waals surface area contributed by atoms with E-state index in [0.717, 1.165) is 18.4 Å². The number of aliphatic imine (C=N–C) groups is 1. The third kappa shape index (κ3) is 3.62. The number of benzene rings is 1. The Bertz CT molecular complexity index is 658. The number of amides is 2. The number of hydrogen-bond donors (Lipinski definition) is 2. The number of carbonyl (C=O) groups is 2. The lowest BCUT2D eigenvalue weighted by atomic mass is 10.2. The molecular formula is C15H16ClN3O2S. The zero-order valence-corrected chi connectivity index (χ0v) is 13.6. The molecular weight excluding hydrogens is 322 g/mol. The Morgan fingerprint density at radius 3 is 3.00 bits per heavy atom. The van der Waals surface area contributed by atoms with Gasteiger partial charge in [0, 0.05) is 17.1 Å². The lowest BCUT2D eigenvalue weighted by Crippen LogP contribution is -2.28. The molecule has 0 spiro atoms. The van der Waals surface area contributed by atoms with Crippen molar-refractivity contribution in [3.63, 3.8) is 0 Å². The van der Waals surface area contributed by atoms with Gasteiger partial charge in [0.05, 0.1) is 6.04 Å². The second kappa shape index (κ2) is 6.30. The minimum absolute atomic E-state index is 0.117. The summed E-state index contributed by atoms with van der Waals surface area (Å²) in [6.45, 7) is 1.84. The summed E-state index contributed by atoms with van der Waals surface area (Å²) in [5.74, 6) is -0.354. The maximum atomic E-state index is 12.1. The fourth-order valence-corrected chi connectivity index (χ4v) is 3.30. The summed E-state index contributed by atoms with van der Waals surface area (Å²) in [4.78, 5) is 28.4. The van der Waals surface area contributed by atoms with Crippen molar-refractivity contribution in [1.82, 2.24) is 5.32 Å². The van der Waals surface area contributed by atoms with E-state index < -0.39 is 5.25 Å². The monoisotopic (exact) mass is 337 g/mol. The molecule has 0 radical (unpaired) electrons. The molecule has 0 bridgehead atoms. The van der Waals surface area contributed by atoms with Crippen molar-refractivity contribution in [2.24, 2.45) is 4.99 Å². The number of carbonyl (C=O) groups excluding carboxylic acids is 2. The molecule has 1 unspecified atom stereocenters. The molecule has 1 aromatic carbocycles. The second-order valence-corrected chi connectivity index (χ2v) is 7.02. The largest absolute Gasteiger partial charge is 0.326 e. The molecule has 2 aliphatic rings. The van der Waals surface area contributed by atoms with Crippen LogP contribution in [0.3, 0.4) is 0 Å². The predicted octanol–water partition coefficient (Wildman–Crippen LogP) is 2.73. The molecule has 1 aliphatic carbocycles. The molecule has 1 saturated carbocycles. The van der Waals surface area contributed by atoms with Crippen LogP contribution in [0.15, 0.2) is 23.2 Å². The van der Waals surface area contributed by atoms with E-state index in [-0.39, 0.29) is 18.2 Å². The van der Waals surface area contributed by atoms with Gasteiger partial charge in [0.25, 0.3) is 0 Å². The Balaban J connectivity index is 1.59. The van der Waals surface area contributed by atoms with Crippen LogP contribution in [0.2, 0.25) is 5.02 Å². The normalized spacial score (nSPS) is 22.7. The van der Waals surface area contributed by atoms with Gasteiger partial charge in [0.15, 0.2) is 5.17 Å². The Morgan fingerprint density at radius 2 is 2.27 bits per heavy atom. The maximum absolute atomic E-state index is 12.1. The molecule has 2 N–H and O–H groups in total. The Labute approximate surface area is 137 Å². The highest BCUT2D eigenvalue weighted by Crippen LogP contribution is 2.29. The fourth-order valence-electron chi connectivity index (χ4n) is 2.08. The summed E-state index contributed by atoms with van der Waals surface area (Å²) in [6.07, 6.45) is 2.28. The van der Waals surface area contributed by atoms with Crippen LogP contribution in [0.1, 0.15) is 24.8 Å². The number of rotatable bonds is 4. The van der Waals surface area contributed by atoms with E-state index in [0.29, 0.717) is 21.9 Å². The molecule has 2 fully saturated rings. The van der Waals surface area contributed by atoms with E-state index in [4.69, 9.17) is 11.6 Å². The van der Waals surface area contributed by atoms with Crippen LogP contribution >= 0.6 is 23.4 Å². The maximum Gasteiger partial charge on any atom is 0.240 e. The van der Waals surface area contributed by atoms with E-state index in [1.54, 1.807) is 18.2 Å². The molecule has 1 aliphatic heterocycles. The molecule has 22 heavy (non-hydrogen) atoms. The molecule has 1 heterocycles. The predicted molar refractivity (Wildman–Crippen MR) is 89.4 cm³/mol. The van der Waals surface area contributed by atoms with E-state index >= 15 is 0 Å². The van der Waals surface area contributed by atoms with Crippen LogP contribution in [0.4, 0.5) is 5.69 Å². The molecule has 1 saturated heterocycles. The van der Waals surface area contributed by atoms with Crippen molar-refractivity contribution in [2.45, 2.75) is 37.5 Å². The summed E-state index contributed by atoms with van der Waals surface area (Å²) in [5, 5.41) is 6.37. The Morgan fingerprint density at radius 1 is 1.50 bits per heavy atom. The highest BCUT2D eigenvalue weighted by molar-refractivity contribution is 8.15. The van der Waals surface area contributed by atoms with Crippen LogP contribution in [-0.2, 0) is 9.59 Å². The minimum Gasteiger partial charge on any atom is -0.326 e. The summed E-state index contributed by atoms with van der Waals surface area (Å²) >= 11 is 7.36. The van der Waals surface area contributed by atoms with E-state index in [2.05, 4.69) is 15.6 Å². The Kier molecular flexibility index (Phi) is 4.40. The summed E-state index contributed by atoms with van der Waals surface area (Å²) in [7, 11) is 0. The van der Waals surface area contributed by atoms with Gasteiger partial charge < -0.3 is 10.6 Å². The average Bonchev–Trinajstić information content (AvgIpc) is 3.20. The number of nitrogens with zero attached hydrogens (tertiary/aromatic N) is 1. The third-order valence-electron chi connectivity index (χ3n) is 3.54. The van der Waals surface area contributed by atoms with Crippen molar-refractivity contribution in [3.05, 3.63) is 28.8 Å². The second-order valence-electron chi connectivity index (χ2n) is 5.43. The molecule has 2 amide bonds. The van der Waals surface area contributed by atoms with Gasteiger partial charge in [0.1, 0.15) is 5.25 Å². The smallest absolute Gasteiger partial charge is 0.240 e. The number of hydrogen-bond acceptors (Lipinski definition) is 4. The topological polar surface area (TPSA) is 70.6 Å². The standard InChI is InChI=1S/C15H16ClN3O2S/c1-8-10(16)3-2-4-11(8)18-13(20)7-12-14(21)19-15(22-12)17-9-5-6-9/h2-4,9,12H,5-7H2,1H3,(H,18,20)(H,17,19,21). The zero-order valence-electron chi connectivity index (χ0n) is 12.1. The van der Waals surface area contributed by atoms with Crippen molar-refractivity contribution >= 4 is 46.0 Å². The fraction of sp³-hybridized carbons (Fsp3) is 0.400. The van der Waals surface area contributed by atoms with Gasteiger partial charge in [-0.25, -0.2) is 0 Å². The molecule has 7 heteroatoms. The van der Waals surface area contributed by atoms with Crippen LogP contribution < -0.4 is 10.6 Å². The van der Waals surface area contributed by atoms with Crippen LogP contribution in [0, 0.1) is 6.92 Å². The van der Waals surface area contributed by atoms with Crippen LogP contribution in [0.5, 0.6) is 0 Å². The molecule has 1 aromatic rings.